The molecule has 0 fully saturated rings. The molecule has 3 aliphatic rings. The molecule has 1 aliphatic carbocycles. The molecule has 2 N–H and O–H groups in total. The first-order valence-corrected chi connectivity index (χ1v) is 5.56. The zero-order valence-corrected chi connectivity index (χ0v) is 9.10. The van der Waals surface area contributed by atoms with E-state index in [1.165, 1.54) is 5.57 Å². The van der Waals surface area contributed by atoms with Crippen molar-refractivity contribution in [2.24, 2.45) is 5.92 Å². The second-order valence-corrected chi connectivity index (χ2v) is 4.44. The van der Waals surface area contributed by atoms with Gasteiger partial charge in [-0.15, -0.1) is 0 Å². The van der Waals surface area contributed by atoms with Crippen molar-refractivity contribution in [3.63, 3.8) is 0 Å². The van der Waals surface area contributed by atoms with Crippen molar-refractivity contribution in [2.45, 2.75) is 19.1 Å². The van der Waals surface area contributed by atoms with Crippen molar-refractivity contribution in [1.82, 2.24) is 10.6 Å². The van der Waals surface area contributed by atoms with Crippen LogP contribution in [0.4, 0.5) is 0 Å². The molecule has 3 nitrogen and oxygen atoms in total. The first-order chi connectivity index (χ1) is 7.74. The molecule has 0 aromatic heterocycles. The molecule has 0 bridgehead atoms. The molecule has 0 aromatic carbocycles. The van der Waals surface area contributed by atoms with Crippen LogP contribution in [0, 0.1) is 5.92 Å². The summed E-state index contributed by atoms with van der Waals surface area (Å²) in [6.07, 6.45) is 12.6. The van der Waals surface area contributed by atoms with E-state index in [1.807, 2.05) is 19.1 Å². The maximum atomic E-state index is 11.5. The Labute approximate surface area is 94.6 Å². The number of rotatable bonds is 0. The SMILES string of the molecule is CC1=CC2=CC3C=CC=CC3NC2NC1=O. The molecule has 0 radical (unpaired) electrons. The largest absolute Gasteiger partial charge is 0.333 e. The molecule has 2 heterocycles. The minimum absolute atomic E-state index is 0.0171. The van der Waals surface area contributed by atoms with E-state index >= 15 is 0 Å². The van der Waals surface area contributed by atoms with Crippen LogP contribution in [0.2, 0.25) is 0 Å². The summed E-state index contributed by atoms with van der Waals surface area (Å²) in [7, 11) is 0. The predicted octanol–water partition coefficient (Wildman–Crippen LogP) is 1.03. The van der Waals surface area contributed by atoms with Gasteiger partial charge in [0, 0.05) is 17.5 Å². The number of hydrogen-bond donors (Lipinski definition) is 2. The van der Waals surface area contributed by atoms with Crippen LogP contribution >= 0.6 is 0 Å². The lowest BCUT2D eigenvalue weighted by molar-refractivity contribution is -0.118. The molecular formula is C13H14N2O. The molecule has 3 unspecified atom stereocenters. The van der Waals surface area contributed by atoms with Gasteiger partial charge in [0.2, 0.25) is 5.91 Å². The number of carbonyl (C=O) groups excluding carboxylic acids is 1. The maximum absolute atomic E-state index is 11.5. The quantitative estimate of drug-likeness (QED) is 0.632. The lowest BCUT2D eigenvalue weighted by Gasteiger charge is -2.37. The average Bonchev–Trinajstić information content (AvgIpc) is 2.28. The number of hydrogen-bond acceptors (Lipinski definition) is 2. The van der Waals surface area contributed by atoms with Crippen molar-refractivity contribution in [3.05, 3.63) is 47.6 Å². The van der Waals surface area contributed by atoms with Crippen molar-refractivity contribution in [1.29, 1.82) is 0 Å². The van der Waals surface area contributed by atoms with Crippen LogP contribution in [0.3, 0.4) is 0 Å². The van der Waals surface area contributed by atoms with Gasteiger partial charge in [0.25, 0.3) is 0 Å². The minimum atomic E-state index is -0.0337. The number of fused-ring (bicyclic) bond motifs is 2. The molecule has 3 rings (SSSR count). The normalized spacial score (nSPS) is 35.8. The smallest absolute Gasteiger partial charge is 0.248 e. The van der Waals surface area contributed by atoms with E-state index in [0.717, 1.165) is 5.57 Å². The Morgan fingerprint density at radius 2 is 2.06 bits per heavy atom. The van der Waals surface area contributed by atoms with Crippen molar-refractivity contribution >= 4 is 5.91 Å². The fourth-order valence-corrected chi connectivity index (χ4v) is 2.37. The van der Waals surface area contributed by atoms with Crippen LogP contribution in [0.25, 0.3) is 0 Å². The van der Waals surface area contributed by atoms with E-state index in [-0.39, 0.29) is 12.1 Å². The third-order valence-electron chi connectivity index (χ3n) is 3.27. The van der Waals surface area contributed by atoms with E-state index in [1.54, 1.807) is 0 Å². The van der Waals surface area contributed by atoms with E-state index in [0.29, 0.717) is 12.0 Å². The third-order valence-corrected chi connectivity index (χ3v) is 3.27. The van der Waals surface area contributed by atoms with Crippen LogP contribution in [0.15, 0.2) is 47.6 Å². The Bertz CT molecular complexity index is 457. The number of allylic oxidation sites excluding steroid dienone is 2. The Morgan fingerprint density at radius 3 is 2.94 bits per heavy atom. The third kappa shape index (κ3) is 1.44. The molecule has 0 aromatic rings. The lowest BCUT2D eigenvalue weighted by Crippen LogP contribution is -2.56. The zero-order valence-electron chi connectivity index (χ0n) is 9.10. The summed E-state index contributed by atoms with van der Waals surface area (Å²) < 4.78 is 0. The first kappa shape index (κ1) is 9.60. The van der Waals surface area contributed by atoms with Crippen molar-refractivity contribution in [2.75, 3.05) is 0 Å². The topological polar surface area (TPSA) is 41.1 Å². The molecule has 0 saturated carbocycles. The van der Waals surface area contributed by atoms with Gasteiger partial charge in [0.15, 0.2) is 0 Å². The first-order valence-electron chi connectivity index (χ1n) is 5.56. The van der Waals surface area contributed by atoms with Crippen molar-refractivity contribution < 1.29 is 4.79 Å². The molecule has 3 heteroatoms. The van der Waals surface area contributed by atoms with Gasteiger partial charge in [-0.2, -0.15) is 0 Å². The van der Waals surface area contributed by atoms with Gasteiger partial charge >= 0.3 is 0 Å². The highest BCUT2D eigenvalue weighted by Crippen LogP contribution is 2.25. The predicted molar refractivity (Wildman–Crippen MR) is 62.5 cm³/mol. The van der Waals surface area contributed by atoms with Crippen LogP contribution < -0.4 is 10.6 Å². The molecule has 82 valence electrons. The fraction of sp³-hybridized carbons (Fsp3) is 0.308. The Hall–Kier alpha value is -1.61. The van der Waals surface area contributed by atoms with E-state index in [4.69, 9.17) is 0 Å². The van der Waals surface area contributed by atoms with E-state index < -0.39 is 0 Å². The van der Waals surface area contributed by atoms with Crippen molar-refractivity contribution in [3.8, 4) is 0 Å². The lowest BCUT2D eigenvalue weighted by atomic mass is 9.86. The van der Waals surface area contributed by atoms with Crippen LogP contribution in [0.1, 0.15) is 6.92 Å². The Morgan fingerprint density at radius 1 is 1.25 bits per heavy atom. The molecule has 3 atom stereocenters. The number of amides is 1. The standard InChI is InChI=1S/C13H14N2O/c1-8-6-10-7-9-4-2-3-5-11(9)14-12(10)15-13(8)16/h2-7,9,11-12,14H,1H3,(H,15,16). The van der Waals surface area contributed by atoms with Gasteiger partial charge in [-0.1, -0.05) is 30.4 Å². The van der Waals surface area contributed by atoms with Crippen LogP contribution in [-0.4, -0.2) is 18.1 Å². The van der Waals surface area contributed by atoms with E-state index in [2.05, 4.69) is 34.9 Å². The summed E-state index contributed by atoms with van der Waals surface area (Å²) in [6.45, 7) is 1.84. The highest BCUT2D eigenvalue weighted by Gasteiger charge is 2.31. The van der Waals surface area contributed by atoms with E-state index in [9.17, 15) is 4.79 Å². The summed E-state index contributed by atoms with van der Waals surface area (Å²) in [6, 6.07) is 0.297. The molecule has 1 amide bonds. The second kappa shape index (κ2) is 3.46. The Kier molecular flexibility index (Phi) is 2.07. The number of nitrogens with one attached hydrogen (secondary N) is 2. The van der Waals surface area contributed by atoms with Gasteiger partial charge in [-0.05, 0) is 18.6 Å². The summed E-state index contributed by atoms with van der Waals surface area (Å²) in [5, 5.41) is 6.38. The monoisotopic (exact) mass is 214 g/mol. The highest BCUT2D eigenvalue weighted by atomic mass is 16.1. The highest BCUT2D eigenvalue weighted by molar-refractivity contribution is 5.95. The Balaban J connectivity index is 1.98. The molecule has 16 heavy (non-hydrogen) atoms. The van der Waals surface area contributed by atoms with Gasteiger partial charge in [0.05, 0.1) is 0 Å². The second-order valence-electron chi connectivity index (χ2n) is 4.44. The molecule has 0 saturated heterocycles. The molecular weight excluding hydrogens is 200 g/mol. The van der Waals surface area contributed by atoms with Gasteiger partial charge in [-0.3, -0.25) is 10.1 Å². The summed E-state index contributed by atoms with van der Waals surface area (Å²) >= 11 is 0. The van der Waals surface area contributed by atoms with Gasteiger partial charge in [-0.25, -0.2) is 0 Å². The van der Waals surface area contributed by atoms with Crippen LogP contribution in [0.5, 0.6) is 0 Å². The summed E-state index contributed by atoms with van der Waals surface area (Å²) in [5.74, 6) is 0.415. The zero-order chi connectivity index (χ0) is 11.1. The minimum Gasteiger partial charge on any atom is -0.333 e. The maximum Gasteiger partial charge on any atom is 0.248 e. The molecule has 2 aliphatic heterocycles. The number of carbonyl (C=O) groups is 1. The van der Waals surface area contributed by atoms with Gasteiger partial charge in [0.1, 0.15) is 6.17 Å². The fourth-order valence-electron chi connectivity index (χ4n) is 2.37. The van der Waals surface area contributed by atoms with Gasteiger partial charge < -0.3 is 5.32 Å². The molecule has 0 spiro atoms. The summed E-state index contributed by atoms with van der Waals surface area (Å²) in [4.78, 5) is 11.5. The average molecular weight is 214 g/mol. The summed E-state index contributed by atoms with van der Waals surface area (Å²) in [5.41, 5.74) is 1.94. The van der Waals surface area contributed by atoms with Crippen LogP contribution in [-0.2, 0) is 4.79 Å².